The molecule has 1 aliphatic rings. The number of carbonyl (C=O) groups excluding carboxylic acids is 1. The molecule has 0 atom stereocenters. The summed E-state index contributed by atoms with van der Waals surface area (Å²) in [6, 6.07) is 18.1. The van der Waals surface area contributed by atoms with Crippen molar-refractivity contribution in [3.05, 3.63) is 65.2 Å². The monoisotopic (exact) mass is 389 g/mol. The smallest absolute Gasteiger partial charge is 0.220 e. The number of benzene rings is 2. The van der Waals surface area contributed by atoms with Gasteiger partial charge in [-0.3, -0.25) is 4.79 Å². The Bertz CT molecular complexity index is 717. The average Bonchev–Trinajstić information content (AvgIpc) is 2.66. The van der Waals surface area contributed by atoms with Crippen molar-refractivity contribution in [1.82, 2.24) is 5.32 Å². The van der Waals surface area contributed by atoms with Crippen LogP contribution in [-0.2, 0) is 16.0 Å². The largest absolute Gasteiger partial charge is 0.381 e. The lowest BCUT2D eigenvalue weighted by atomic mass is 9.99. The van der Waals surface area contributed by atoms with Crippen LogP contribution in [0.15, 0.2) is 59.5 Å². The first-order chi connectivity index (χ1) is 12.7. The molecular formula is C21H24ClNO2S. The normalized spacial score (nSPS) is 16.2. The highest BCUT2D eigenvalue weighted by Crippen LogP contribution is 2.40. The van der Waals surface area contributed by atoms with Crippen molar-refractivity contribution < 1.29 is 9.53 Å². The van der Waals surface area contributed by atoms with Crippen LogP contribution >= 0.6 is 23.4 Å². The summed E-state index contributed by atoms with van der Waals surface area (Å²) in [5.74, 6) is 0.0875. The number of hydrogen-bond donors (Lipinski definition) is 1. The fourth-order valence-corrected chi connectivity index (χ4v) is 4.62. The molecule has 1 N–H and O–H groups in total. The van der Waals surface area contributed by atoms with Crippen LogP contribution in [0.25, 0.3) is 0 Å². The van der Waals surface area contributed by atoms with Gasteiger partial charge < -0.3 is 10.1 Å². The number of amides is 1. The fourth-order valence-electron chi connectivity index (χ4n) is 3.10. The van der Waals surface area contributed by atoms with E-state index in [1.54, 1.807) is 0 Å². The molecule has 1 amide bonds. The summed E-state index contributed by atoms with van der Waals surface area (Å²) in [4.78, 5) is 13.6. The number of carbonyl (C=O) groups is 1. The maximum absolute atomic E-state index is 12.4. The molecule has 3 nitrogen and oxygen atoms in total. The van der Waals surface area contributed by atoms with Gasteiger partial charge in [0.1, 0.15) is 0 Å². The lowest BCUT2D eigenvalue weighted by molar-refractivity contribution is -0.121. The molecule has 0 aromatic heterocycles. The quantitative estimate of drug-likeness (QED) is 0.743. The van der Waals surface area contributed by atoms with Crippen LogP contribution in [0, 0.1) is 0 Å². The van der Waals surface area contributed by atoms with Crippen LogP contribution in [0.2, 0.25) is 5.02 Å². The third-order valence-electron chi connectivity index (χ3n) is 4.62. The maximum Gasteiger partial charge on any atom is 0.220 e. The first-order valence-electron chi connectivity index (χ1n) is 8.98. The van der Waals surface area contributed by atoms with Crippen molar-refractivity contribution in [3.63, 3.8) is 0 Å². The van der Waals surface area contributed by atoms with E-state index in [0.29, 0.717) is 24.4 Å². The summed E-state index contributed by atoms with van der Waals surface area (Å²) in [6.45, 7) is 2.17. The van der Waals surface area contributed by atoms with Crippen LogP contribution in [0.4, 0.5) is 0 Å². The molecule has 138 valence electrons. The van der Waals surface area contributed by atoms with Crippen molar-refractivity contribution >= 4 is 29.3 Å². The number of ether oxygens (including phenoxy) is 1. The summed E-state index contributed by atoms with van der Waals surface area (Å²) in [5.41, 5.74) is 1.09. The first kappa shape index (κ1) is 19.3. The Hall–Kier alpha value is -1.49. The van der Waals surface area contributed by atoms with E-state index in [4.69, 9.17) is 16.3 Å². The molecule has 0 unspecified atom stereocenters. The molecule has 1 saturated heterocycles. The van der Waals surface area contributed by atoms with Gasteiger partial charge in [0.05, 0.1) is 0 Å². The van der Waals surface area contributed by atoms with E-state index in [1.807, 2.05) is 42.1 Å². The van der Waals surface area contributed by atoms with Gasteiger partial charge in [-0.05, 0) is 49.1 Å². The molecule has 2 aromatic carbocycles. The Morgan fingerprint density at radius 3 is 2.62 bits per heavy atom. The minimum atomic E-state index is 0.00528. The number of hydrogen-bond acceptors (Lipinski definition) is 3. The van der Waals surface area contributed by atoms with Crippen LogP contribution < -0.4 is 5.32 Å². The van der Waals surface area contributed by atoms with Gasteiger partial charge in [0.2, 0.25) is 5.91 Å². The maximum atomic E-state index is 12.4. The molecule has 1 heterocycles. The van der Waals surface area contributed by atoms with E-state index in [-0.39, 0.29) is 10.7 Å². The molecule has 1 fully saturated rings. The van der Waals surface area contributed by atoms with Crippen LogP contribution in [0.5, 0.6) is 0 Å². The van der Waals surface area contributed by atoms with Crippen molar-refractivity contribution in [2.24, 2.45) is 0 Å². The first-order valence-corrected chi connectivity index (χ1v) is 10.2. The van der Waals surface area contributed by atoms with E-state index < -0.39 is 0 Å². The number of thioether (sulfide) groups is 1. The second-order valence-electron chi connectivity index (χ2n) is 6.62. The number of rotatable bonds is 7. The predicted octanol–water partition coefficient (Wildman–Crippen LogP) is 4.73. The molecule has 5 heteroatoms. The Kier molecular flexibility index (Phi) is 7.00. The standard InChI is InChI=1S/C21H24ClNO2S/c22-18-6-4-5-17(15-18)9-10-20(24)23-16-21(11-13-25-14-12-21)26-19-7-2-1-3-8-19/h1-8,15H,9-14,16H2,(H,23,24). The Morgan fingerprint density at radius 1 is 1.12 bits per heavy atom. The minimum absolute atomic E-state index is 0.00528. The molecule has 26 heavy (non-hydrogen) atoms. The highest BCUT2D eigenvalue weighted by atomic mass is 35.5. The predicted molar refractivity (Wildman–Crippen MR) is 108 cm³/mol. The highest BCUT2D eigenvalue weighted by Gasteiger charge is 2.34. The van der Waals surface area contributed by atoms with E-state index >= 15 is 0 Å². The molecule has 0 aliphatic carbocycles. The Labute approximate surface area is 164 Å². The summed E-state index contributed by atoms with van der Waals surface area (Å²) >= 11 is 7.86. The molecule has 3 rings (SSSR count). The third-order valence-corrected chi connectivity index (χ3v) is 6.35. The second-order valence-corrected chi connectivity index (χ2v) is 8.60. The van der Waals surface area contributed by atoms with Gasteiger partial charge in [-0.1, -0.05) is 41.9 Å². The molecule has 1 aliphatic heterocycles. The zero-order chi connectivity index (χ0) is 18.2. The summed E-state index contributed by atoms with van der Waals surface area (Å²) < 4.78 is 5.55. The van der Waals surface area contributed by atoms with Gasteiger partial charge in [-0.25, -0.2) is 0 Å². The molecule has 0 saturated carbocycles. The number of aryl methyl sites for hydroxylation is 1. The third kappa shape index (κ3) is 5.76. The van der Waals surface area contributed by atoms with Crippen LogP contribution in [0.3, 0.4) is 0 Å². The zero-order valence-corrected chi connectivity index (χ0v) is 16.3. The fraction of sp³-hybridized carbons (Fsp3) is 0.381. The molecule has 2 aromatic rings. The van der Waals surface area contributed by atoms with E-state index in [2.05, 4.69) is 29.6 Å². The SMILES string of the molecule is O=C(CCc1cccc(Cl)c1)NCC1(Sc2ccccc2)CCOCC1. The van der Waals surface area contributed by atoms with Crippen molar-refractivity contribution in [1.29, 1.82) is 0 Å². The topological polar surface area (TPSA) is 38.3 Å². The number of nitrogens with one attached hydrogen (secondary N) is 1. The van der Waals surface area contributed by atoms with E-state index in [9.17, 15) is 4.79 Å². The molecule has 0 bridgehead atoms. The van der Waals surface area contributed by atoms with E-state index in [1.165, 1.54) is 4.90 Å². The van der Waals surface area contributed by atoms with Gasteiger partial charge in [0.15, 0.2) is 0 Å². The second kappa shape index (κ2) is 9.45. The molecule has 0 radical (unpaired) electrons. The highest BCUT2D eigenvalue weighted by molar-refractivity contribution is 8.00. The van der Waals surface area contributed by atoms with Crippen molar-refractivity contribution in [3.8, 4) is 0 Å². The van der Waals surface area contributed by atoms with Gasteiger partial charge in [0, 0.05) is 40.8 Å². The van der Waals surface area contributed by atoms with Crippen molar-refractivity contribution in [2.75, 3.05) is 19.8 Å². The zero-order valence-electron chi connectivity index (χ0n) is 14.7. The summed E-state index contributed by atoms with van der Waals surface area (Å²) in [5, 5.41) is 3.86. The van der Waals surface area contributed by atoms with Gasteiger partial charge >= 0.3 is 0 Å². The summed E-state index contributed by atoms with van der Waals surface area (Å²) in [7, 11) is 0. The molecule has 0 spiro atoms. The van der Waals surface area contributed by atoms with Crippen LogP contribution in [-0.4, -0.2) is 30.4 Å². The number of halogens is 1. The lowest BCUT2D eigenvalue weighted by Gasteiger charge is -2.36. The van der Waals surface area contributed by atoms with Gasteiger partial charge in [0.25, 0.3) is 0 Å². The Morgan fingerprint density at radius 2 is 1.88 bits per heavy atom. The average molecular weight is 390 g/mol. The lowest BCUT2D eigenvalue weighted by Crippen LogP contribution is -2.44. The van der Waals surface area contributed by atoms with Crippen LogP contribution in [0.1, 0.15) is 24.8 Å². The van der Waals surface area contributed by atoms with Gasteiger partial charge in [-0.15, -0.1) is 11.8 Å². The van der Waals surface area contributed by atoms with Crippen molar-refractivity contribution in [2.45, 2.75) is 35.3 Å². The summed E-state index contributed by atoms with van der Waals surface area (Å²) in [6.07, 6.45) is 3.07. The van der Waals surface area contributed by atoms with E-state index in [0.717, 1.165) is 31.6 Å². The van der Waals surface area contributed by atoms with Gasteiger partial charge in [-0.2, -0.15) is 0 Å². The Balaban J connectivity index is 1.54. The molecular weight excluding hydrogens is 366 g/mol. The minimum Gasteiger partial charge on any atom is -0.381 e.